The maximum absolute atomic E-state index is 4.26. The molecule has 0 unspecified atom stereocenters. The summed E-state index contributed by atoms with van der Waals surface area (Å²) < 4.78 is 1.97. The van der Waals surface area contributed by atoms with Gasteiger partial charge in [0.2, 0.25) is 0 Å². The highest BCUT2D eigenvalue weighted by Crippen LogP contribution is 1.93. The second-order valence-electron chi connectivity index (χ2n) is 3.29. The van der Waals surface area contributed by atoms with Crippen LogP contribution >= 0.6 is 0 Å². The summed E-state index contributed by atoms with van der Waals surface area (Å²) >= 11 is 0. The highest BCUT2D eigenvalue weighted by Gasteiger charge is 1.98. The van der Waals surface area contributed by atoms with Crippen LogP contribution in [0.25, 0.3) is 12.7 Å². The van der Waals surface area contributed by atoms with E-state index in [4.69, 9.17) is 0 Å². The topological polar surface area (TPSA) is 17.8 Å². The number of allylic oxidation sites excluding steroid dienone is 2. The number of hydrogen-bond acceptors (Lipinski definition) is 1. The van der Waals surface area contributed by atoms with E-state index in [0.29, 0.717) is 6.04 Å². The third kappa shape index (κ3) is 2.08. The van der Waals surface area contributed by atoms with E-state index in [0.717, 1.165) is 10.6 Å². The van der Waals surface area contributed by atoms with Gasteiger partial charge in [0.05, 0.1) is 11.5 Å². The Bertz CT molecular complexity index is 396. The van der Waals surface area contributed by atoms with Crippen molar-refractivity contribution < 1.29 is 0 Å². The van der Waals surface area contributed by atoms with Crippen molar-refractivity contribution >= 4 is 12.7 Å². The van der Waals surface area contributed by atoms with Gasteiger partial charge in [-0.15, -0.1) is 0 Å². The number of hydrogen-bond donors (Lipinski definition) is 0. The highest BCUT2D eigenvalue weighted by atomic mass is 15.3. The minimum atomic E-state index is 0.381. The van der Waals surface area contributed by atoms with Crippen molar-refractivity contribution in [3.8, 4) is 0 Å². The summed E-state index contributed by atoms with van der Waals surface area (Å²) in [6.45, 7) is 10.1. The van der Waals surface area contributed by atoms with E-state index < -0.39 is 0 Å². The molecule has 0 bridgehead atoms. The third-order valence-corrected chi connectivity index (χ3v) is 1.85. The van der Waals surface area contributed by atoms with Gasteiger partial charge < -0.3 is 0 Å². The van der Waals surface area contributed by atoms with Crippen LogP contribution < -0.4 is 10.6 Å². The quantitative estimate of drug-likeness (QED) is 0.662. The van der Waals surface area contributed by atoms with Crippen LogP contribution in [-0.2, 0) is 0 Å². The Morgan fingerprint density at radius 3 is 2.77 bits per heavy atom. The van der Waals surface area contributed by atoms with Gasteiger partial charge in [0, 0.05) is 11.3 Å². The molecule has 1 aromatic heterocycles. The smallest absolute Gasteiger partial charge is 0.0679 e. The average molecular weight is 176 g/mol. The molecule has 1 rings (SSSR count). The molecular weight excluding hydrogens is 160 g/mol. The first-order chi connectivity index (χ1) is 6.16. The summed E-state index contributed by atoms with van der Waals surface area (Å²) in [4.78, 5) is 0. The van der Waals surface area contributed by atoms with Gasteiger partial charge in [-0.3, -0.25) is 4.68 Å². The molecule has 0 aromatic carbocycles. The Hall–Kier alpha value is -1.31. The van der Waals surface area contributed by atoms with Crippen LogP contribution in [0.3, 0.4) is 0 Å². The van der Waals surface area contributed by atoms with E-state index in [-0.39, 0.29) is 0 Å². The summed E-state index contributed by atoms with van der Waals surface area (Å²) in [5.41, 5.74) is 0. The zero-order valence-electron chi connectivity index (χ0n) is 8.49. The molecule has 0 radical (unpaired) electrons. The van der Waals surface area contributed by atoms with Crippen molar-refractivity contribution in [3.63, 3.8) is 0 Å². The second-order valence-corrected chi connectivity index (χ2v) is 3.29. The lowest BCUT2D eigenvalue weighted by Gasteiger charge is -2.04. The van der Waals surface area contributed by atoms with Crippen molar-refractivity contribution in [3.05, 3.63) is 28.9 Å². The average Bonchev–Trinajstić information content (AvgIpc) is 2.43. The molecule has 1 aromatic rings. The molecule has 0 saturated heterocycles. The number of aromatic nitrogens is 2. The van der Waals surface area contributed by atoms with E-state index in [1.165, 1.54) is 0 Å². The summed E-state index contributed by atoms with van der Waals surface area (Å²) in [6, 6.07) is 0.381. The predicted molar refractivity (Wildman–Crippen MR) is 56.7 cm³/mol. The van der Waals surface area contributed by atoms with Gasteiger partial charge in [0.25, 0.3) is 0 Å². The summed E-state index contributed by atoms with van der Waals surface area (Å²) in [5.74, 6) is 0. The van der Waals surface area contributed by atoms with Crippen LogP contribution in [0.1, 0.15) is 26.8 Å². The molecule has 0 atom stereocenters. The fourth-order valence-electron chi connectivity index (χ4n) is 1.19. The van der Waals surface area contributed by atoms with Crippen LogP contribution in [0.4, 0.5) is 0 Å². The lowest BCUT2D eigenvalue weighted by molar-refractivity contribution is 0.518. The van der Waals surface area contributed by atoms with Gasteiger partial charge in [-0.1, -0.05) is 18.7 Å². The van der Waals surface area contributed by atoms with Crippen molar-refractivity contribution in [1.82, 2.24) is 9.78 Å². The van der Waals surface area contributed by atoms with E-state index >= 15 is 0 Å². The van der Waals surface area contributed by atoms with Gasteiger partial charge in [-0.25, -0.2) is 0 Å². The van der Waals surface area contributed by atoms with E-state index in [1.54, 1.807) is 6.20 Å². The lowest BCUT2D eigenvalue weighted by Crippen LogP contribution is -2.29. The van der Waals surface area contributed by atoms with Gasteiger partial charge in [0.1, 0.15) is 0 Å². The molecule has 0 aliphatic carbocycles. The summed E-state index contributed by atoms with van der Waals surface area (Å²) in [5, 5.41) is 6.33. The van der Waals surface area contributed by atoms with Gasteiger partial charge in [-0.05, 0) is 26.8 Å². The van der Waals surface area contributed by atoms with Crippen LogP contribution in [0.5, 0.6) is 0 Å². The first-order valence-electron chi connectivity index (χ1n) is 4.52. The maximum atomic E-state index is 4.26. The standard InChI is InChI=1S/C11H16N2/c1-5-6-7-11-10(4)8-12-13(11)9(2)3/h5-9H,4H2,1-3H3/b6-5-,11-7+. The first kappa shape index (κ1) is 9.78. The zero-order chi connectivity index (χ0) is 9.84. The second kappa shape index (κ2) is 4.08. The van der Waals surface area contributed by atoms with Gasteiger partial charge in [-0.2, -0.15) is 5.10 Å². The Labute approximate surface area is 78.9 Å². The molecular formula is C11H16N2. The molecule has 0 N–H and O–H groups in total. The van der Waals surface area contributed by atoms with Crippen molar-refractivity contribution in [2.45, 2.75) is 26.8 Å². The van der Waals surface area contributed by atoms with E-state index in [1.807, 2.05) is 29.8 Å². The molecule has 2 heteroatoms. The van der Waals surface area contributed by atoms with E-state index in [2.05, 4.69) is 25.5 Å². The van der Waals surface area contributed by atoms with Gasteiger partial charge in [0.15, 0.2) is 0 Å². The van der Waals surface area contributed by atoms with Crippen LogP contribution in [0.2, 0.25) is 0 Å². The fourth-order valence-corrected chi connectivity index (χ4v) is 1.19. The predicted octanol–water partition coefficient (Wildman–Crippen LogP) is 1.23. The summed E-state index contributed by atoms with van der Waals surface area (Å²) in [6.07, 6.45) is 7.84. The van der Waals surface area contributed by atoms with Crippen LogP contribution in [0.15, 0.2) is 18.3 Å². The Balaban J connectivity index is 3.32. The van der Waals surface area contributed by atoms with Gasteiger partial charge >= 0.3 is 0 Å². The SMILES string of the molecule is C=c1cnn(C(C)C)/c1=C/C=C\C. The molecule has 0 fully saturated rings. The normalized spacial score (nSPS) is 13.4. The summed E-state index contributed by atoms with van der Waals surface area (Å²) in [7, 11) is 0. The van der Waals surface area contributed by atoms with E-state index in [9.17, 15) is 0 Å². The molecule has 0 aliphatic rings. The van der Waals surface area contributed by atoms with Crippen molar-refractivity contribution in [1.29, 1.82) is 0 Å². The van der Waals surface area contributed by atoms with Crippen molar-refractivity contribution in [2.24, 2.45) is 0 Å². The molecule has 0 spiro atoms. The third-order valence-electron chi connectivity index (χ3n) is 1.85. The molecule has 70 valence electrons. The monoisotopic (exact) mass is 176 g/mol. The fraction of sp³-hybridized carbons (Fsp3) is 0.364. The van der Waals surface area contributed by atoms with Crippen LogP contribution in [0, 0.1) is 0 Å². The molecule has 13 heavy (non-hydrogen) atoms. The maximum Gasteiger partial charge on any atom is 0.0679 e. The minimum Gasteiger partial charge on any atom is -0.262 e. The number of rotatable bonds is 2. The first-order valence-corrected chi connectivity index (χ1v) is 4.52. The Morgan fingerprint density at radius 1 is 1.54 bits per heavy atom. The Morgan fingerprint density at radius 2 is 2.23 bits per heavy atom. The molecule has 0 amide bonds. The van der Waals surface area contributed by atoms with Crippen molar-refractivity contribution in [2.75, 3.05) is 0 Å². The zero-order valence-corrected chi connectivity index (χ0v) is 8.49. The molecule has 0 saturated carbocycles. The molecule has 2 nitrogen and oxygen atoms in total. The molecule has 0 aliphatic heterocycles. The van der Waals surface area contributed by atoms with Crippen LogP contribution in [-0.4, -0.2) is 9.78 Å². The largest absolute Gasteiger partial charge is 0.262 e. The lowest BCUT2D eigenvalue weighted by atomic mass is 10.3. The Kier molecular flexibility index (Phi) is 3.07. The molecule has 1 heterocycles. The number of nitrogens with zero attached hydrogens (tertiary/aromatic N) is 2. The highest BCUT2D eigenvalue weighted by molar-refractivity contribution is 5.34. The minimum absolute atomic E-state index is 0.381.